The quantitative estimate of drug-likeness (QED) is 0.575. The summed E-state index contributed by atoms with van der Waals surface area (Å²) in [6, 6.07) is 3.68. The lowest BCUT2D eigenvalue weighted by molar-refractivity contribution is -0.126. The fourth-order valence-electron chi connectivity index (χ4n) is 3.09. The number of amides is 1. The molecule has 0 bridgehead atoms. The zero-order valence-corrected chi connectivity index (χ0v) is 15.3. The van der Waals surface area contributed by atoms with Crippen LogP contribution >= 0.6 is 0 Å². The largest absolute Gasteiger partial charge is 0.502 e. The van der Waals surface area contributed by atoms with Gasteiger partial charge in [-0.05, 0) is 68.7 Å². The number of carbonyl (C=O) groups is 1. The first kappa shape index (κ1) is 19.2. The standard InChI is InChI=1S/C20H29NO4/c1-24-17-14-16(15-18(25-2)20(17)23)10-6-3-4-7-11-19(22)21-12-8-5-9-13-21/h7,11,14-15,23H,3-6,8-10,12-13H2,1-2H3/b11-7+. The van der Waals surface area contributed by atoms with Gasteiger partial charge in [0.15, 0.2) is 11.5 Å². The third-order valence-electron chi connectivity index (χ3n) is 4.55. The maximum absolute atomic E-state index is 12.0. The number of likely N-dealkylation sites (tertiary alicyclic amines) is 1. The van der Waals surface area contributed by atoms with Gasteiger partial charge in [0.25, 0.3) is 0 Å². The van der Waals surface area contributed by atoms with Crippen molar-refractivity contribution >= 4 is 5.91 Å². The summed E-state index contributed by atoms with van der Waals surface area (Å²) in [4.78, 5) is 14.0. The van der Waals surface area contributed by atoms with Gasteiger partial charge in [-0.25, -0.2) is 0 Å². The Morgan fingerprint density at radius 3 is 2.36 bits per heavy atom. The number of phenolic OH excluding ortho intramolecular Hbond substituents is 1. The highest BCUT2D eigenvalue weighted by Gasteiger charge is 2.13. The maximum Gasteiger partial charge on any atom is 0.246 e. The van der Waals surface area contributed by atoms with Crippen molar-refractivity contribution in [2.45, 2.75) is 44.9 Å². The summed E-state index contributed by atoms with van der Waals surface area (Å²) in [6.45, 7) is 1.79. The minimum atomic E-state index is 0.0351. The van der Waals surface area contributed by atoms with Crippen LogP contribution in [0.5, 0.6) is 17.2 Å². The van der Waals surface area contributed by atoms with Gasteiger partial charge >= 0.3 is 0 Å². The van der Waals surface area contributed by atoms with Crippen LogP contribution in [0, 0.1) is 0 Å². The third kappa shape index (κ3) is 5.69. The Labute approximate surface area is 150 Å². The van der Waals surface area contributed by atoms with Crippen LogP contribution in [-0.2, 0) is 11.2 Å². The van der Waals surface area contributed by atoms with Gasteiger partial charge in [-0.1, -0.05) is 6.08 Å². The van der Waals surface area contributed by atoms with Gasteiger partial charge in [0.2, 0.25) is 11.7 Å². The van der Waals surface area contributed by atoms with Crippen LogP contribution in [0.1, 0.15) is 44.1 Å². The summed E-state index contributed by atoms with van der Waals surface area (Å²) in [5.41, 5.74) is 1.07. The molecule has 1 N–H and O–H groups in total. The highest BCUT2D eigenvalue weighted by atomic mass is 16.5. The van der Waals surface area contributed by atoms with Crippen LogP contribution in [0.3, 0.4) is 0 Å². The molecular weight excluding hydrogens is 318 g/mol. The molecule has 0 unspecified atom stereocenters. The molecule has 1 aliphatic heterocycles. The number of unbranched alkanes of at least 4 members (excludes halogenated alkanes) is 2. The topological polar surface area (TPSA) is 59.0 Å². The average molecular weight is 347 g/mol. The van der Waals surface area contributed by atoms with Crippen LogP contribution in [-0.4, -0.2) is 43.2 Å². The molecule has 1 aromatic carbocycles. The molecule has 25 heavy (non-hydrogen) atoms. The first-order valence-electron chi connectivity index (χ1n) is 9.05. The van der Waals surface area contributed by atoms with Crippen molar-refractivity contribution in [3.63, 3.8) is 0 Å². The van der Waals surface area contributed by atoms with Crippen molar-refractivity contribution in [3.8, 4) is 17.2 Å². The van der Waals surface area contributed by atoms with Crippen LogP contribution < -0.4 is 9.47 Å². The zero-order valence-electron chi connectivity index (χ0n) is 15.3. The average Bonchev–Trinajstić information content (AvgIpc) is 2.65. The lowest BCUT2D eigenvalue weighted by atomic mass is 10.1. The van der Waals surface area contributed by atoms with Gasteiger partial charge < -0.3 is 19.5 Å². The molecule has 0 atom stereocenters. The predicted molar refractivity (Wildman–Crippen MR) is 98.3 cm³/mol. The van der Waals surface area contributed by atoms with E-state index in [0.29, 0.717) is 11.5 Å². The Morgan fingerprint density at radius 2 is 1.76 bits per heavy atom. The molecule has 2 rings (SSSR count). The summed E-state index contributed by atoms with van der Waals surface area (Å²) in [6.07, 6.45) is 11.0. The summed E-state index contributed by atoms with van der Waals surface area (Å²) < 4.78 is 10.3. The Hall–Kier alpha value is -2.17. The van der Waals surface area contributed by atoms with Gasteiger partial charge in [-0.2, -0.15) is 0 Å². The third-order valence-corrected chi connectivity index (χ3v) is 4.55. The number of rotatable bonds is 8. The Morgan fingerprint density at radius 1 is 1.12 bits per heavy atom. The van der Waals surface area contributed by atoms with Gasteiger partial charge in [0, 0.05) is 13.1 Å². The van der Waals surface area contributed by atoms with E-state index < -0.39 is 0 Å². The van der Waals surface area contributed by atoms with Crippen LogP contribution in [0.15, 0.2) is 24.3 Å². The zero-order chi connectivity index (χ0) is 18.1. The van der Waals surface area contributed by atoms with Gasteiger partial charge in [0.05, 0.1) is 14.2 Å². The molecule has 1 fully saturated rings. The SMILES string of the molecule is COc1cc(CCCC/C=C/C(=O)N2CCCCC2)cc(OC)c1O. The normalized spacial score (nSPS) is 14.7. The molecule has 138 valence electrons. The van der Waals surface area contributed by atoms with Gasteiger partial charge in [-0.15, -0.1) is 0 Å². The molecule has 1 amide bonds. The van der Waals surface area contributed by atoms with E-state index in [1.54, 1.807) is 6.08 Å². The van der Waals surface area contributed by atoms with Crippen molar-refractivity contribution < 1.29 is 19.4 Å². The Balaban J connectivity index is 1.74. The number of ether oxygens (including phenoxy) is 2. The molecule has 1 heterocycles. The smallest absolute Gasteiger partial charge is 0.246 e. The number of benzene rings is 1. The van der Waals surface area contributed by atoms with Crippen molar-refractivity contribution in [2.75, 3.05) is 27.3 Å². The number of piperidine rings is 1. The highest BCUT2D eigenvalue weighted by molar-refractivity contribution is 5.87. The second-order valence-electron chi connectivity index (χ2n) is 6.38. The monoisotopic (exact) mass is 347 g/mol. The first-order chi connectivity index (χ1) is 12.2. The highest BCUT2D eigenvalue weighted by Crippen LogP contribution is 2.37. The lowest BCUT2D eigenvalue weighted by Crippen LogP contribution is -2.34. The number of aryl methyl sites for hydroxylation is 1. The molecule has 0 radical (unpaired) electrons. The molecule has 5 nitrogen and oxygen atoms in total. The van der Waals surface area contributed by atoms with E-state index in [4.69, 9.17) is 9.47 Å². The van der Waals surface area contributed by atoms with Crippen LogP contribution in [0.2, 0.25) is 0 Å². The predicted octanol–water partition coefficient (Wildman–Crippen LogP) is 3.69. The summed E-state index contributed by atoms with van der Waals surface area (Å²) >= 11 is 0. The first-order valence-corrected chi connectivity index (χ1v) is 9.05. The summed E-state index contributed by atoms with van der Waals surface area (Å²) in [7, 11) is 3.06. The van der Waals surface area contributed by atoms with E-state index in [0.717, 1.165) is 57.2 Å². The number of carbonyl (C=O) groups excluding carboxylic acids is 1. The Bertz CT molecular complexity index is 566. The number of methoxy groups -OCH3 is 2. The number of hydrogen-bond acceptors (Lipinski definition) is 4. The number of nitrogens with zero attached hydrogens (tertiary/aromatic N) is 1. The minimum Gasteiger partial charge on any atom is -0.502 e. The Kier molecular flexibility index (Phi) is 7.64. The van der Waals surface area contributed by atoms with E-state index in [1.807, 2.05) is 23.1 Å². The van der Waals surface area contributed by atoms with E-state index in [9.17, 15) is 9.90 Å². The fourth-order valence-corrected chi connectivity index (χ4v) is 3.09. The molecule has 0 aliphatic carbocycles. The molecule has 0 saturated carbocycles. The van der Waals surface area contributed by atoms with E-state index in [1.165, 1.54) is 20.6 Å². The van der Waals surface area contributed by atoms with Gasteiger partial charge in [0.1, 0.15) is 0 Å². The summed E-state index contributed by atoms with van der Waals surface area (Å²) in [5.74, 6) is 1.04. The van der Waals surface area contributed by atoms with Gasteiger partial charge in [-0.3, -0.25) is 4.79 Å². The van der Waals surface area contributed by atoms with Crippen molar-refractivity contribution in [2.24, 2.45) is 0 Å². The van der Waals surface area contributed by atoms with E-state index in [2.05, 4.69) is 0 Å². The van der Waals surface area contributed by atoms with E-state index in [-0.39, 0.29) is 11.7 Å². The second kappa shape index (κ2) is 9.97. The fraction of sp³-hybridized carbons (Fsp3) is 0.550. The maximum atomic E-state index is 12.0. The molecule has 5 heteroatoms. The van der Waals surface area contributed by atoms with Crippen molar-refractivity contribution in [1.29, 1.82) is 0 Å². The summed E-state index contributed by atoms with van der Waals surface area (Å²) in [5, 5.41) is 9.92. The number of allylic oxidation sites excluding steroid dienone is 1. The molecule has 0 spiro atoms. The lowest BCUT2D eigenvalue weighted by Gasteiger charge is -2.25. The number of phenols is 1. The second-order valence-corrected chi connectivity index (χ2v) is 6.38. The molecule has 1 aromatic rings. The number of hydrogen-bond donors (Lipinski definition) is 1. The molecular formula is C20H29NO4. The molecule has 1 aliphatic rings. The molecule has 1 saturated heterocycles. The van der Waals surface area contributed by atoms with Crippen molar-refractivity contribution in [3.05, 3.63) is 29.8 Å². The van der Waals surface area contributed by atoms with Crippen LogP contribution in [0.4, 0.5) is 0 Å². The van der Waals surface area contributed by atoms with Crippen molar-refractivity contribution in [1.82, 2.24) is 4.90 Å². The molecule has 0 aromatic heterocycles. The number of aromatic hydroxyl groups is 1. The van der Waals surface area contributed by atoms with E-state index >= 15 is 0 Å². The minimum absolute atomic E-state index is 0.0351. The van der Waals surface area contributed by atoms with Crippen LogP contribution in [0.25, 0.3) is 0 Å².